The summed E-state index contributed by atoms with van der Waals surface area (Å²) in [5, 5.41) is 7.08. The van der Waals surface area contributed by atoms with E-state index in [2.05, 4.69) is 20.3 Å². The molecule has 1 N–H and O–H groups in total. The lowest BCUT2D eigenvalue weighted by molar-refractivity contribution is 0.102. The van der Waals surface area contributed by atoms with Gasteiger partial charge in [0.25, 0.3) is 5.91 Å². The molecule has 1 aromatic heterocycles. The summed E-state index contributed by atoms with van der Waals surface area (Å²) in [5.41, 5.74) is 2.71. The van der Waals surface area contributed by atoms with Crippen molar-refractivity contribution in [3.8, 4) is 0 Å². The van der Waals surface area contributed by atoms with Crippen molar-refractivity contribution in [1.29, 1.82) is 0 Å². The van der Waals surface area contributed by atoms with E-state index in [-0.39, 0.29) is 10.8 Å². The van der Waals surface area contributed by atoms with Gasteiger partial charge in [0.2, 0.25) is 10.0 Å². The van der Waals surface area contributed by atoms with Gasteiger partial charge in [-0.05, 0) is 48.7 Å². The summed E-state index contributed by atoms with van der Waals surface area (Å²) in [6, 6.07) is 12.4. The number of nitrogens with zero attached hydrogens (tertiary/aromatic N) is 5. The van der Waals surface area contributed by atoms with Crippen LogP contribution < -0.4 is 10.2 Å². The van der Waals surface area contributed by atoms with Crippen LogP contribution in [0.4, 0.5) is 11.4 Å². The monoisotopic (exact) mass is 482 g/mol. The van der Waals surface area contributed by atoms with Crippen LogP contribution in [0.3, 0.4) is 0 Å². The summed E-state index contributed by atoms with van der Waals surface area (Å²) < 4.78 is 29.3. The smallest absolute Gasteiger partial charge is 0.257 e. The van der Waals surface area contributed by atoms with Gasteiger partial charge in [0.15, 0.2) is 0 Å². The molecule has 4 rings (SSSR count). The van der Waals surface area contributed by atoms with Gasteiger partial charge >= 0.3 is 0 Å². The Kier molecular flexibility index (Phi) is 7.28. The highest BCUT2D eigenvalue weighted by Gasteiger charge is 2.26. The van der Waals surface area contributed by atoms with Crippen molar-refractivity contribution in [2.75, 3.05) is 36.4 Å². The molecule has 0 saturated carbocycles. The van der Waals surface area contributed by atoms with E-state index in [1.165, 1.54) is 16.7 Å². The summed E-state index contributed by atoms with van der Waals surface area (Å²) in [6.07, 6.45) is 5.20. The fraction of sp³-hybridized carbons (Fsp3) is 0.375. The van der Waals surface area contributed by atoms with E-state index in [0.29, 0.717) is 30.9 Å². The number of carbonyl (C=O) groups is 1. The Hall–Kier alpha value is -3.24. The lowest BCUT2D eigenvalue weighted by atomic mass is 10.1. The van der Waals surface area contributed by atoms with Gasteiger partial charge in [-0.25, -0.2) is 18.1 Å². The molecule has 1 saturated heterocycles. The molecule has 1 fully saturated rings. The summed E-state index contributed by atoms with van der Waals surface area (Å²) >= 11 is 0. The van der Waals surface area contributed by atoms with E-state index in [4.69, 9.17) is 0 Å². The molecule has 0 aliphatic carbocycles. The third kappa shape index (κ3) is 5.13. The zero-order valence-corrected chi connectivity index (χ0v) is 20.3. The van der Waals surface area contributed by atoms with Crippen LogP contribution in [0.1, 0.15) is 42.6 Å². The Morgan fingerprint density at radius 1 is 1.09 bits per heavy atom. The third-order valence-electron chi connectivity index (χ3n) is 6.00. The minimum Gasteiger partial charge on any atom is -0.371 e. The van der Waals surface area contributed by atoms with Crippen molar-refractivity contribution in [3.05, 3.63) is 66.2 Å². The molecule has 0 bridgehead atoms. The molecule has 1 aliphatic heterocycles. The van der Waals surface area contributed by atoms with Gasteiger partial charge in [-0.15, -0.1) is 0 Å². The molecule has 0 radical (unpaired) electrons. The van der Waals surface area contributed by atoms with Crippen molar-refractivity contribution in [2.24, 2.45) is 0 Å². The van der Waals surface area contributed by atoms with Crippen molar-refractivity contribution < 1.29 is 13.2 Å². The molecule has 180 valence electrons. The highest BCUT2D eigenvalue weighted by molar-refractivity contribution is 7.89. The maximum absolute atomic E-state index is 13.4. The number of rotatable bonds is 9. The second kappa shape index (κ2) is 10.4. The number of anilines is 2. The minimum atomic E-state index is -3.69. The number of amides is 1. The standard InChI is InChI=1S/C24H30N6O3S/c1-3-30(4-2)34(32,33)21-10-11-23(28-12-5-6-13-28)22(15-21)24(31)27-20-9-7-8-19(14-20)16-29-18-25-17-26-29/h7-11,14-15,17-18H,3-6,12-13,16H2,1-2H3,(H,27,31). The lowest BCUT2D eigenvalue weighted by Gasteiger charge is -2.23. The Labute approximate surface area is 200 Å². The van der Waals surface area contributed by atoms with Crippen LogP contribution in [0.15, 0.2) is 60.0 Å². The van der Waals surface area contributed by atoms with Crippen LogP contribution in [0.2, 0.25) is 0 Å². The van der Waals surface area contributed by atoms with Crippen LogP contribution in [-0.4, -0.2) is 59.6 Å². The maximum Gasteiger partial charge on any atom is 0.257 e. The number of carbonyl (C=O) groups excluding carboxylic acids is 1. The first-order valence-electron chi connectivity index (χ1n) is 11.5. The molecule has 0 spiro atoms. The van der Waals surface area contributed by atoms with Crippen molar-refractivity contribution in [3.63, 3.8) is 0 Å². The molecule has 1 aliphatic rings. The Morgan fingerprint density at radius 2 is 1.85 bits per heavy atom. The number of aromatic nitrogens is 3. The minimum absolute atomic E-state index is 0.129. The van der Waals surface area contributed by atoms with Crippen molar-refractivity contribution >= 4 is 27.3 Å². The maximum atomic E-state index is 13.4. The summed E-state index contributed by atoms with van der Waals surface area (Å²) in [6.45, 7) is 6.56. The van der Waals surface area contributed by atoms with Crippen LogP contribution in [0.5, 0.6) is 0 Å². The first-order valence-corrected chi connectivity index (χ1v) is 13.0. The first kappa shape index (κ1) is 23.9. The third-order valence-corrected chi connectivity index (χ3v) is 8.04. The van der Waals surface area contributed by atoms with Gasteiger partial charge in [0, 0.05) is 37.6 Å². The van der Waals surface area contributed by atoms with Gasteiger partial charge in [-0.2, -0.15) is 9.40 Å². The molecule has 9 nitrogen and oxygen atoms in total. The lowest BCUT2D eigenvalue weighted by Crippen LogP contribution is -2.31. The molecule has 34 heavy (non-hydrogen) atoms. The van der Waals surface area contributed by atoms with Crippen molar-refractivity contribution in [1.82, 2.24) is 19.1 Å². The zero-order chi connectivity index (χ0) is 24.1. The molecule has 10 heteroatoms. The second-order valence-electron chi connectivity index (χ2n) is 8.21. The molecule has 2 heterocycles. The normalized spacial score (nSPS) is 14.0. The average Bonchev–Trinajstić information content (AvgIpc) is 3.54. The van der Waals surface area contributed by atoms with Gasteiger partial charge in [-0.3, -0.25) is 4.79 Å². The highest BCUT2D eigenvalue weighted by Crippen LogP contribution is 2.29. The van der Waals surface area contributed by atoms with E-state index >= 15 is 0 Å². The topological polar surface area (TPSA) is 100 Å². The summed E-state index contributed by atoms with van der Waals surface area (Å²) in [5.74, 6) is -0.337. The highest BCUT2D eigenvalue weighted by atomic mass is 32.2. The SMILES string of the molecule is CCN(CC)S(=O)(=O)c1ccc(N2CCCC2)c(C(=O)Nc2cccc(Cn3cncn3)c2)c1. The molecular formula is C24H30N6O3S. The predicted molar refractivity (Wildman–Crippen MR) is 132 cm³/mol. The number of nitrogens with one attached hydrogen (secondary N) is 1. The van der Waals surface area contributed by atoms with Gasteiger partial charge in [0.1, 0.15) is 12.7 Å². The van der Waals surface area contributed by atoms with E-state index < -0.39 is 10.0 Å². The molecule has 2 aromatic carbocycles. The predicted octanol–water partition coefficient (Wildman–Crippen LogP) is 3.21. The number of benzene rings is 2. The van der Waals surface area contributed by atoms with Crippen molar-refractivity contribution in [2.45, 2.75) is 38.1 Å². The van der Waals surface area contributed by atoms with Gasteiger partial charge in [0.05, 0.1) is 17.0 Å². The quantitative estimate of drug-likeness (QED) is 0.503. The number of hydrogen-bond donors (Lipinski definition) is 1. The van der Waals surface area contributed by atoms with Gasteiger partial charge < -0.3 is 10.2 Å². The Balaban J connectivity index is 1.65. The van der Waals surface area contributed by atoms with Crippen LogP contribution in [0.25, 0.3) is 0 Å². The van der Waals surface area contributed by atoms with E-state index in [9.17, 15) is 13.2 Å². The Morgan fingerprint density at radius 3 is 2.53 bits per heavy atom. The van der Waals surface area contributed by atoms with E-state index in [1.54, 1.807) is 37.0 Å². The largest absolute Gasteiger partial charge is 0.371 e. The molecule has 0 unspecified atom stereocenters. The first-order chi connectivity index (χ1) is 16.4. The fourth-order valence-electron chi connectivity index (χ4n) is 4.25. The van der Waals surface area contributed by atoms with Crippen LogP contribution in [0, 0.1) is 0 Å². The van der Waals surface area contributed by atoms with Gasteiger partial charge in [-0.1, -0.05) is 26.0 Å². The second-order valence-corrected chi connectivity index (χ2v) is 10.1. The van der Waals surface area contributed by atoms with E-state index in [0.717, 1.165) is 37.2 Å². The molecule has 3 aromatic rings. The molecular weight excluding hydrogens is 452 g/mol. The van der Waals surface area contributed by atoms with Crippen LogP contribution >= 0.6 is 0 Å². The van der Waals surface area contributed by atoms with Crippen LogP contribution in [-0.2, 0) is 16.6 Å². The molecule has 1 amide bonds. The zero-order valence-electron chi connectivity index (χ0n) is 19.5. The summed E-state index contributed by atoms with van der Waals surface area (Å²) in [7, 11) is -3.69. The van der Waals surface area contributed by atoms with E-state index in [1.807, 2.05) is 24.3 Å². The average molecular weight is 483 g/mol. The molecule has 0 atom stereocenters. The number of hydrogen-bond acceptors (Lipinski definition) is 6. The fourth-order valence-corrected chi connectivity index (χ4v) is 5.74. The Bertz CT molecular complexity index is 1230. The number of sulfonamides is 1. The summed E-state index contributed by atoms with van der Waals surface area (Å²) in [4.78, 5) is 19.7.